The number of rotatable bonds is 16. The van der Waals surface area contributed by atoms with Crippen LogP contribution in [0.2, 0.25) is 0 Å². The molecule has 0 aromatic heterocycles. The quantitative estimate of drug-likeness (QED) is 0.179. The number of amides is 2. The normalized spacial score (nSPS) is 10.3. The summed E-state index contributed by atoms with van der Waals surface area (Å²) in [5.41, 5.74) is 0.624. The molecule has 2 aromatic rings. The van der Waals surface area contributed by atoms with Crippen LogP contribution in [0, 0.1) is 0 Å². The van der Waals surface area contributed by atoms with Crippen LogP contribution in [0.15, 0.2) is 60.7 Å². The van der Waals surface area contributed by atoms with Gasteiger partial charge in [-0.1, -0.05) is 25.3 Å². The summed E-state index contributed by atoms with van der Waals surface area (Å²) in [5, 5.41) is 6.67. The van der Waals surface area contributed by atoms with Crippen molar-refractivity contribution in [1.29, 1.82) is 0 Å². The number of nitrogens with one attached hydrogen (secondary N) is 2. The molecule has 0 aliphatic carbocycles. The first-order valence-corrected chi connectivity index (χ1v) is 12.4. The molecule has 2 N–H and O–H groups in total. The fourth-order valence-corrected chi connectivity index (χ4v) is 2.90. The van der Waals surface area contributed by atoms with E-state index in [1.54, 1.807) is 50.2 Å². The van der Waals surface area contributed by atoms with Crippen LogP contribution in [-0.2, 0) is 28.5 Å². The molecule has 0 unspecified atom stereocenters. The number of hydrogen-bond donors (Lipinski definition) is 2. The molecule has 0 radical (unpaired) electrons. The Labute approximate surface area is 232 Å². The second-order valence-corrected chi connectivity index (χ2v) is 8.36. The van der Waals surface area contributed by atoms with Gasteiger partial charge in [-0.2, -0.15) is 0 Å². The average molecular weight is 559 g/mol. The standard InChI is InChI=1S/C28H34N2O10/c1-19(2)25(31)37-15-13-35-11-9-29-27(33)39-23-7-5-22-18-24(8-6-21(22)17-23)40-28(34)30-10-12-36-14-16-38-26(32)20(3)4/h5-8,17-18H,1,3,9-16H2,2,4H3,(H,29,33)(H,30,34). The number of fused-ring (bicyclic) bond motifs is 1. The van der Waals surface area contributed by atoms with E-state index in [4.69, 9.17) is 28.4 Å². The lowest BCUT2D eigenvalue weighted by Crippen LogP contribution is -2.30. The topological polar surface area (TPSA) is 148 Å². The highest BCUT2D eigenvalue weighted by Gasteiger charge is 2.08. The Hall–Kier alpha value is -4.42. The molecule has 0 aliphatic rings. The zero-order chi connectivity index (χ0) is 29.3. The number of ether oxygens (including phenoxy) is 6. The fraction of sp³-hybridized carbons (Fsp3) is 0.357. The predicted octanol–water partition coefficient (Wildman–Crippen LogP) is 3.29. The van der Waals surface area contributed by atoms with E-state index in [1.807, 2.05) is 0 Å². The average Bonchev–Trinajstić information content (AvgIpc) is 2.91. The molecule has 0 spiro atoms. The summed E-state index contributed by atoms with van der Waals surface area (Å²) in [6, 6.07) is 10.0. The van der Waals surface area contributed by atoms with Gasteiger partial charge >= 0.3 is 24.1 Å². The van der Waals surface area contributed by atoms with E-state index >= 15 is 0 Å². The third kappa shape index (κ3) is 12.4. The van der Waals surface area contributed by atoms with E-state index in [2.05, 4.69) is 23.8 Å². The maximum atomic E-state index is 12.0. The van der Waals surface area contributed by atoms with Crippen LogP contribution in [0.4, 0.5) is 9.59 Å². The van der Waals surface area contributed by atoms with Crippen molar-refractivity contribution in [2.75, 3.05) is 52.7 Å². The second-order valence-electron chi connectivity index (χ2n) is 8.36. The van der Waals surface area contributed by atoms with Crippen molar-refractivity contribution in [2.45, 2.75) is 13.8 Å². The first-order chi connectivity index (χ1) is 19.2. The summed E-state index contributed by atoms with van der Waals surface area (Å²) in [5.74, 6) is -0.298. The summed E-state index contributed by atoms with van der Waals surface area (Å²) in [7, 11) is 0. The van der Waals surface area contributed by atoms with Crippen molar-refractivity contribution in [3.8, 4) is 11.5 Å². The summed E-state index contributed by atoms with van der Waals surface area (Å²) in [6.45, 7) is 11.5. The minimum Gasteiger partial charge on any atom is -0.460 e. The molecule has 40 heavy (non-hydrogen) atoms. The molecule has 0 saturated carbocycles. The molecule has 12 nitrogen and oxygen atoms in total. The van der Waals surface area contributed by atoms with Crippen molar-refractivity contribution >= 4 is 34.9 Å². The Morgan fingerprint density at radius 1 is 0.625 bits per heavy atom. The van der Waals surface area contributed by atoms with E-state index in [0.717, 1.165) is 10.8 Å². The van der Waals surface area contributed by atoms with Crippen LogP contribution < -0.4 is 20.1 Å². The van der Waals surface area contributed by atoms with Gasteiger partial charge in [-0.05, 0) is 48.9 Å². The second kappa shape index (κ2) is 17.2. The molecular weight excluding hydrogens is 524 g/mol. The Kier molecular flexibility index (Phi) is 13.7. The molecule has 2 rings (SSSR count). The van der Waals surface area contributed by atoms with E-state index in [1.165, 1.54) is 0 Å². The van der Waals surface area contributed by atoms with Gasteiger partial charge in [-0.25, -0.2) is 19.2 Å². The van der Waals surface area contributed by atoms with Gasteiger partial charge < -0.3 is 39.1 Å². The van der Waals surface area contributed by atoms with Crippen molar-refractivity contribution in [1.82, 2.24) is 10.6 Å². The summed E-state index contributed by atoms with van der Waals surface area (Å²) < 4.78 is 30.9. The summed E-state index contributed by atoms with van der Waals surface area (Å²) in [4.78, 5) is 46.5. The van der Waals surface area contributed by atoms with Crippen molar-refractivity contribution in [3.63, 3.8) is 0 Å². The molecule has 216 valence electrons. The van der Waals surface area contributed by atoms with Crippen LogP contribution >= 0.6 is 0 Å². The highest BCUT2D eigenvalue weighted by atomic mass is 16.6. The lowest BCUT2D eigenvalue weighted by Gasteiger charge is -2.10. The number of benzene rings is 2. The minimum absolute atomic E-state index is 0.0946. The number of carbonyl (C=O) groups excluding carboxylic acids is 4. The van der Waals surface area contributed by atoms with Gasteiger partial charge in [0.25, 0.3) is 0 Å². The SMILES string of the molecule is C=C(C)C(=O)OCCOCCNC(=O)Oc1ccc2cc(OC(=O)NCCOCCOC(=O)C(=C)C)ccc2c1. The molecule has 2 amide bonds. The first-order valence-electron chi connectivity index (χ1n) is 12.4. The fourth-order valence-electron chi connectivity index (χ4n) is 2.90. The molecular formula is C28H34N2O10. The maximum Gasteiger partial charge on any atom is 0.412 e. The van der Waals surface area contributed by atoms with Gasteiger partial charge in [0.2, 0.25) is 0 Å². The molecule has 0 bridgehead atoms. The van der Waals surface area contributed by atoms with E-state index in [-0.39, 0.29) is 52.7 Å². The van der Waals surface area contributed by atoms with Gasteiger partial charge in [0.15, 0.2) is 0 Å². The summed E-state index contributed by atoms with van der Waals surface area (Å²) >= 11 is 0. The monoisotopic (exact) mass is 558 g/mol. The van der Waals surface area contributed by atoms with Crippen LogP contribution in [0.5, 0.6) is 11.5 Å². The Morgan fingerprint density at radius 2 is 1.02 bits per heavy atom. The maximum absolute atomic E-state index is 12.0. The number of carbonyl (C=O) groups is 4. The van der Waals surface area contributed by atoms with Gasteiger partial charge in [-0.15, -0.1) is 0 Å². The Morgan fingerprint density at radius 3 is 1.40 bits per heavy atom. The lowest BCUT2D eigenvalue weighted by atomic mass is 10.1. The molecule has 12 heteroatoms. The largest absolute Gasteiger partial charge is 0.460 e. The molecule has 2 aromatic carbocycles. The Balaban J connectivity index is 1.65. The highest BCUT2D eigenvalue weighted by molar-refractivity contribution is 5.88. The van der Waals surface area contributed by atoms with Gasteiger partial charge in [0.1, 0.15) is 24.7 Å². The van der Waals surface area contributed by atoms with Crippen molar-refractivity contribution < 1.29 is 47.6 Å². The smallest absolute Gasteiger partial charge is 0.412 e. The van der Waals surface area contributed by atoms with Crippen LogP contribution in [0.3, 0.4) is 0 Å². The van der Waals surface area contributed by atoms with Crippen LogP contribution in [0.25, 0.3) is 10.8 Å². The zero-order valence-electron chi connectivity index (χ0n) is 22.6. The van der Waals surface area contributed by atoms with E-state index in [9.17, 15) is 19.2 Å². The first kappa shape index (κ1) is 31.8. The van der Waals surface area contributed by atoms with Crippen LogP contribution in [0.1, 0.15) is 13.8 Å². The zero-order valence-corrected chi connectivity index (χ0v) is 22.6. The number of hydrogen-bond acceptors (Lipinski definition) is 10. The van der Waals surface area contributed by atoms with Gasteiger partial charge in [0, 0.05) is 24.2 Å². The number of esters is 2. The third-order valence-electron chi connectivity index (χ3n) is 4.85. The molecule has 0 atom stereocenters. The predicted molar refractivity (Wildman–Crippen MR) is 145 cm³/mol. The highest BCUT2D eigenvalue weighted by Crippen LogP contribution is 2.25. The molecule has 0 saturated heterocycles. The molecule has 0 heterocycles. The van der Waals surface area contributed by atoms with E-state index in [0.29, 0.717) is 22.6 Å². The minimum atomic E-state index is -0.648. The summed E-state index contributed by atoms with van der Waals surface area (Å²) in [6.07, 6.45) is -1.30. The Bertz CT molecular complexity index is 1120. The van der Waals surface area contributed by atoms with Crippen molar-refractivity contribution in [3.05, 3.63) is 60.7 Å². The molecule has 0 aliphatic heterocycles. The van der Waals surface area contributed by atoms with E-state index < -0.39 is 24.1 Å². The molecule has 0 fully saturated rings. The lowest BCUT2D eigenvalue weighted by molar-refractivity contribution is -0.141. The third-order valence-corrected chi connectivity index (χ3v) is 4.85. The van der Waals surface area contributed by atoms with Gasteiger partial charge in [-0.3, -0.25) is 0 Å². The van der Waals surface area contributed by atoms with Gasteiger partial charge in [0.05, 0.1) is 26.4 Å². The van der Waals surface area contributed by atoms with Crippen molar-refractivity contribution in [2.24, 2.45) is 0 Å². The van der Waals surface area contributed by atoms with Crippen LogP contribution in [-0.4, -0.2) is 76.9 Å².